The van der Waals surface area contributed by atoms with Crippen LogP contribution < -0.4 is 4.72 Å². The number of fused-ring (bicyclic) bond motifs is 1. The Kier molecular flexibility index (Phi) is 3.42. The molecule has 0 aliphatic heterocycles. The van der Waals surface area contributed by atoms with Crippen molar-refractivity contribution >= 4 is 51.2 Å². The number of para-hydroxylation sites is 1. The van der Waals surface area contributed by atoms with Crippen molar-refractivity contribution in [2.75, 3.05) is 4.72 Å². The number of nitrogens with zero attached hydrogens (tertiary/aromatic N) is 1. The molecular formula is C15H11N3S3. The van der Waals surface area contributed by atoms with Crippen LogP contribution in [0.25, 0.3) is 21.6 Å². The topological polar surface area (TPSA) is 40.7 Å². The molecule has 0 spiro atoms. The number of hydrogen-bond donors (Lipinski definition) is 2. The van der Waals surface area contributed by atoms with Crippen molar-refractivity contribution in [2.24, 2.45) is 0 Å². The predicted molar refractivity (Wildman–Crippen MR) is 93.2 cm³/mol. The highest BCUT2D eigenvalue weighted by atomic mass is 32.2. The Balaban J connectivity index is 1.69. The molecule has 0 unspecified atom stereocenters. The molecule has 0 fully saturated rings. The molecule has 0 saturated carbocycles. The first kappa shape index (κ1) is 12.9. The zero-order valence-electron chi connectivity index (χ0n) is 10.9. The molecule has 104 valence electrons. The zero-order valence-corrected chi connectivity index (χ0v) is 13.3. The lowest BCUT2D eigenvalue weighted by molar-refractivity contribution is 1.36. The summed E-state index contributed by atoms with van der Waals surface area (Å²) in [6, 6.07) is 12.6. The third-order valence-electron chi connectivity index (χ3n) is 3.08. The van der Waals surface area contributed by atoms with Gasteiger partial charge in [-0.2, -0.15) is 0 Å². The first-order chi connectivity index (χ1) is 10.4. The molecule has 1 aromatic carbocycles. The molecule has 0 radical (unpaired) electrons. The highest BCUT2D eigenvalue weighted by Crippen LogP contribution is 2.32. The van der Waals surface area contributed by atoms with Crippen LogP contribution in [-0.2, 0) is 0 Å². The fraction of sp³-hybridized carbons (Fsp3) is 0. The van der Waals surface area contributed by atoms with Crippen LogP contribution in [0.5, 0.6) is 0 Å². The smallest absolute Gasteiger partial charge is 0.139 e. The summed E-state index contributed by atoms with van der Waals surface area (Å²) in [6.07, 6.45) is 1.83. The van der Waals surface area contributed by atoms with Crippen LogP contribution in [-0.4, -0.2) is 9.97 Å². The van der Waals surface area contributed by atoms with Crippen molar-refractivity contribution in [1.29, 1.82) is 0 Å². The Bertz CT molecular complexity index is 848. The average Bonchev–Trinajstić information content (AvgIpc) is 3.23. The first-order valence-electron chi connectivity index (χ1n) is 6.38. The highest BCUT2D eigenvalue weighted by molar-refractivity contribution is 8.02. The number of aromatic amines is 1. The maximum absolute atomic E-state index is 4.36. The number of nitrogens with one attached hydrogen (secondary N) is 2. The van der Waals surface area contributed by atoms with E-state index in [-0.39, 0.29) is 0 Å². The van der Waals surface area contributed by atoms with E-state index in [1.807, 2.05) is 11.6 Å². The molecule has 0 bridgehead atoms. The maximum Gasteiger partial charge on any atom is 0.139 e. The van der Waals surface area contributed by atoms with Crippen LogP contribution in [0.2, 0.25) is 0 Å². The predicted octanol–water partition coefficient (Wildman–Crippen LogP) is 5.47. The minimum Gasteiger partial charge on any atom is -0.351 e. The van der Waals surface area contributed by atoms with Gasteiger partial charge in [0.2, 0.25) is 0 Å². The van der Waals surface area contributed by atoms with Crippen LogP contribution in [0.4, 0.5) is 5.69 Å². The van der Waals surface area contributed by atoms with Gasteiger partial charge in [0.15, 0.2) is 0 Å². The lowest BCUT2D eigenvalue weighted by Gasteiger charge is -2.04. The lowest BCUT2D eigenvalue weighted by Crippen LogP contribution is -1.86. The van der Waals surface area contributed by atoms with Crippen molar-refractivity contribution in [1.82, 2.24) is 9.97 Å². The summed E-state index contributed by atoms with van der Waals surface area (Å²) in [5, 5.41) is 6.28. The lowest BCUT2D eigenvalue weighted by atomic mass is 10.2. The van der Waals surface area contributed by atoms with E-state index in [4.69, 9.17) is 0 Å². The number of thiazole rings is 1. The second-order valence-corrected chi connectivity index (χ2v) is 7.38. The first-order valence-corrected chi connectivity index (χ1v) is 8.96. The van der Waals surface area contributed by atoms with Crippen molar-refractivity contribution < 1.29 is 0 Å². The van der Waals surface area contributed by atoms with Gasteiger partial charge in [0.25, 0.3) is 0 Å². The van der Waals surface area contributed by atoms with E-state index in [0.29, 0.717) is 0 Å². The maximum atomic E-state index is 4.36. The number of anilines is 1. The van der Waals surface area contributed by atoms with Crippen LogP contribution in [0.1, 0.15) is 0 Å². The van der Waals surface area contributed by atoms with Gasteiger partial charge in [-0.3, -0.25) is 0 Å². The number of thiophene rings is 1. The Hall–Kier alpha value is -1.76. The second-order valence-electron chi connectivity index (χ2n) is 4.43. The number of rotatable bonds is 4. The van der Waals surface area contributed by atoms with Crippen LogP contribution in [0.15, 0.2) is 57.6 Å². The van der Waals surface area contributed by atoms with Gasteiger partial charge in [0, 0.05) is 17.0 Å². The summed E-state index contributed by atoms with van der Waals surface area (Å²) in [7, 11) is 0. The molecule has 21 heavy (non-hydrogen) atoms. The van der Waals surface area contributed by atoms with Gasteiger partial charge in [0.05, 0.1) is 21.1 Å². The molecule has 4 rings (SSSR count). The van der Waals surface area contributed by atoms with Crippen molar-refractivity contribution in [3.8, 4) is 10.7 Å². The van der Waals surface area contributed by atoms with E-state index >= 15 is 0 Å². The quantitative estimate of drug-likeness (QED) is 0.488. The van der Waals surface area contributed by atoms with E-state index in [1.165, 1.54) is 9.60 Å². The van der Waals surface area contributed by atoms with Crippen molar-refractivity contribution in [3.63, 3.8) is 0 Å². The minimum atomic E-state index is 1.02. The molecule has 0 aliphatic rings. The molecule has 4 aromatic rings. The van der Waals surface area contributed by atoms with E-state index in [2.05, 4.69) is 56.5 Å². The minimum absolute atomic E-state index is 1.02. The van der Waals surface area contributed by atoms with Crippen LogP contribution in [0, 0.1) is 0 Å². The SMILES string of the molecule is c1csc(SNc2cccc3cc(-c4nccs4)[nH]c23)c1. The van der Waals surface area contributed by atoms with Gasteiger partial charge < -0.3 is 9.71 Å². The van der Waals surface area contributed by atoms with Crippen molar-refractivity contribution in [2.45, 2.75) is 4.21 Å². The van der Waals surface area contributed by atoms with Crippen LogP contribution in [0.3, 0.4) is 0 Å². The normalized spacial score (nSPS) is 11.0. The molecule has 3 aromatic heterocycles. The van der Waals surface area contributed by atoms with Crippen LogP contribution >= 0.6 is 34.6 Å². The monoisotopic (exact) mass is 329 g/mol. The molecule has 3 heterocycles. The molecular weight excluding hydrogens is 318 g/mol. The Morgan fingerprint density at radius 1 is 1.10 bits per heavy atom. The summed E-state index contributed by atoms with van der Waals surface area (Å²) >= 11 is 5.01. The Labute approximate surface area is 134 Å². The van der Waals surface area contributed by atoms with E-state index in [0.717, 1.165) is 21.9 Å². The van der Waals surface area contributed by atoms with E-state index in [1.54, 1.807) is 34.6 Å². The zero-order chi connectivity index (χ0) is 14.1. The van der Waals surface area contributed by atoms with Gasteiger partial charge >= 0.3 is 0 Å². The van der Waals surface area contributed by atoms with E-state index in [9.17, 15) is 0 Å². The molecule has 3 nitrogen and oxygen atoms in total. The van der Waals surface area contributed by atoms with Gasteiger partial charge in [-0.25, -0.2) is 4.98 Å². The molecule has 0 atom stereocenters. The molecule has 0 saturated heterocycles. The third kappa shape index (κ3) is 2.57. The summed E-state index contributed by atoms with van der Waals surface area (Å²) in [5.41, 5.74) is 3.27. The molecule has 0 amide bonds. The average molecular weight is 329 g/mol. The standard InChI is InChI=1S/C15H11N3S3/c1-3-10-9-12(15-16-6-8-20-15)17-14(10)11(4-1)18-21-13-5-2-7-19-13/h1-9,17-18H. The number of benzene rings is 1. The van der Waals surface area contributed by atoms with Gasteiger partial charge in [-0.1, -0.05) is 18.2 Å². The van der Waals surface area contributed by atoms with Gasteiger partial charge in [-0.05, 0) is 35.5 Å². The van der Waals surface area contributed by atoms with Crippen molar-refractivity contribution in [3.05, 3.63) is 53.4 Å². The summed E-state index contributed by atoms with van der Waals surface area (Å²) < 4.78 is 4.68. The Morgan fingerprint density at radius 3 is 2.90 bits per heavy atom. The largest absolute Gasteiger partial charge is 0.351 e. The number of H-pyrrole nitrogens is 1. The van der Waals surface area contributed by atoms with E-state index < -0.39 is 0 Å². The van der Waals surface area contributed by atoms with Gasteiger partial charge in [0.1, 0.15) is 5.01 Å². The molecule has 2 N–H and O–H groups in total. The number of aromatic nitrogens is 2. The summed E-state index contributed by atoms with van der Waals surface area (Å²) in [5.74, 6) is 0. The molecule has 6 heteroatoms. The summed E-state index contributed by atoms with van der Waals surface area (Å²) in [4.78, 5) is 7.83. The fourth-order valence-electron chi connectivity index (χ4n) is 2.14. The highest BCUT2D eigenvalue weighted by Gasteiger charge is 2.08. The van der Waals surface area contributed by atoms with Gasteiger partial charge in [-0.15, -0.1) is 22.7 Å². The fourth-order valence-corrected chi connectivity index (χ4v) is 4.21. The summed E-state index contributed by atoms with van der Waals surface area (Å²) in [6.45, 7) is 0. The molecule has 0 aliphatic carbocycles. The Morgan fingerprint density at radius 2 is 2.10 bits per heavy atom. The third-order valence-corrected chi connectivity index (χ3v) is 5.74. The number of hydrogen-bond acceptors (Lipinski definition) is 5. The second kappa shape index (κ2) is 5.55.